The molecule has 7 nitrogen and oxygen atoms in total. The highest BCUT2D eigenvalue weighted by molar-refractivity contribution is 7.89. The van der Waals surface area contributed by atoms with Crippen molar-refractivity contribution in [1.29, 1.82) is 0 Å². The van der Waals surface area contributed by atoms with Gasteiger partial charge in [0.15, 0.2) is 0 Å². The van der Waals surface area contributed by atoms with Gasteiger partial charge in [-0.15, -0.1) is 0 Å². The number of halogens is 2. The number of rotatable bonds is 8. The van der Waals surface area contributed by atoms with Crippen molar-refractivity contribution in [3.05, 3.63) is 106 Å². The Morgan fingerprint density at radius 2 is 1.58 bits per heavy atom. The number of nitrogens with one attached hydrogen (secondary N) is 1. The van der Waals surface area contributed by atoms with Gasteiger partial charge in [0.2, 0.25) is 15.9 Å². The molecule has 0 saturated heterocycles. The molecule has 0 unspecified atom stereocenters. The molecule has 0 radical (unpaired) electrons. The minimum absolute atomic E-state index is 0.0102. The fourth-order valence-electron chi connectivity index (χ4n) is 3.75. The number of aromatic nitrogens is 2. The Bertz CT molecular complexity index is 1530. The monoisotopic (exact) mass is 570 g/mol. The van der Waals surface area contributed by atoms with E-state index in [1.165, 1.54) is 24.3 Å². The first kappa shape index (κ1) is 27.9. The van der Waals surface area contributed by atoms with Crippen LogP contribution in [0.1, 0.15) is 32.0 Å². The summed E-state index contributed by atoms with van der Waals surface area (Å²) < 4.78 is 29.9. The van der Waals surface area contributed by atoms with E-state index in [1.807, 2.05) is 57.2 Å². The van der Waals surface area contributed by atoms with E-state index in [0.29, 0.717) is 21.6 Å². The second kappa shape index (κ2) is 11.3. The number of carbonyl (C=O) groups excluding carboxylic acids is 1. The summed E-state index contributed by atoms with van der Waals surface area (Å²) in [4.78, 5) is 13.4. The standard InChI is InChI=1S/C28H28Cl2N4O3S/c1-28(2,3)25-17-26(34(32-25)24-12-8-7-11-23(24)30)31-27(35)19-33(18-20-9-5-4-6-10-20)38(36,37)22-15-13-21(29)14-16-22/h4-17H,18-19H2,1-3H3,(H,31,35). The molecule has 0 bridgehead atoms. The molecule has 0 aliphatic rings. The van der Waals surface area contributed by atoms with Gasteiger partial charge in [0.1, 0.15) is 5.82 Å². The normalized spacial score (nSPS) is 12.1. The third kappa shape index (κ3) is 6.45. The summed E-state index contributed by atoms with van der Waals surface area (Å²) in [5.41, 5.74) is 1.77. The fourth-order valence-corrected chi connectivity index (χ4v) is 5.48. The first-order valence-electron chi connectivity index (χ1n) is 11.9. The third-order valence-corrected chi connectivity index (χ3v) is 8.18. The highest BCUT2D eigenvalue weighted by Crippen LogP contribution is 2.29. The average Bonchev–Trinajstić information content (AvgIpc) is 3.29. The van der Waals surface area contributed by atoms with E-state index >= 15 is 0 Å². The smallest absolute Gasteiger partial charge is 0.243 e. The summed E-state index contributed by atoms with van der Waals surface area (Å²) in [5.74, 6) is -0.135. The molecule has 1 amide bonds. The molecule has 1 heterocycles. The first-order chi connectivity index (χ1) is 17.9. The van der Waals surface area contributed by atoms with Gasteiger partial charge in [-0.1, -0.05) is 86.4 Å². The van der Waals surface area contributed by atoms with Crippen molar-refractivity contribution in [2.75, 3.05) is 11.9 Å². The summed E-state index contributed by atoms with van der Waals surface area (Å²) in [6.45, 7) is 5.63. The number of sulfonamides is 1. The van der Waals surface area contributed by atoms with Crippen LogP contribution >= 0.6 is 23.2 Å². The predicted octanol–water partition coefficient (Wildman–Crippen LogP) is 6.31. The minimum Gasteiger partial charge on any atom is -0.309 e. The van der Waals surface area contributed by atoms with Crippen LogP contribution < -0.4 is 5.32 Å². The van der Waals surface area contributed by atoms with Crippen LogP contribution in [0, 0.1) is 0 Å². The topological polar surface area (TPSA) is 84.3 Å². The molecule has 1 aromatic heterocycles. The van der Waals surface area contributed by atoms with Crippen molar-refractivity contribution in [3.63, 3.8) is 0 Å². The number of anilines is 1. The van der Waals surface area contributed by atoms with Gasteiger partial charge in [-0.05, 0) is 42.0 Å². The second-order valence-electron chi connectivity index (χ2n) is 9.79. The molecule has 0 atom stereocenters. The molecule has 0 aliphatic carbocycles. The number of carbonyl (C=O) groups is 1. The molecule has 198 valence electrons. The van der Waals surface area contributed by atoms with Crippen LogP contribution in [0.25, 0.3) is 5.69 Å². The Morgan fingerprint density at radius 3 is 2.21 bits per heavy atom. The number of hydrogen-bond donors (Lipinski definition) is 1. The van der Waals surface area contributed by atoms with Crippen molar-refractivity contribution in [2.24, 2.45) is 0 Å². The van der Waals surface area contributed by atoms with E-state index in [1.54, 1.807) is 28.9 Å². The van der Waals surface area contributed by atoms with Gasteiger partial charge in [-0.2, -0.15) is 9.40 Å². The first-order valence-corrected chi connectivity index (χ1v) is 14.1. The lowest BCUT2D eigenvalue weighted by Crippen LogP contribution is -2.37. The average molecular weight is 572 g/mol. The van der Waals surface area contributed by atoms with E-state index in [2.05, 4.69) is 5.32 Å². The molecule has 0 spiro atoms. The fraction of sp³-hybridized carbons (Fsp3) is 0.214. The summed E-state index contributed by atoms with van der Waals surface area (Å²) in [6, 6.07) is 23.9. The number of hydrogen-bond acceptors (Lipinski definition) is 4. The predicted molar refractivity (Wildman–Crippen MR) is 151 cm³/mol. The molecule has 1 N–H and O–H groups in total. The van der Waals surface area contributed by atoms with Crippen molar-refractivity contribution in [2.45, 2.75) is 37.6 Å². The summed E-state index contributed by atoms with van der Waals surface area (Å²) >= 11 is 12.4. The zero-order valence-electron chi connectivity index (χ0n) is 21.2. The molecule has 10 heteroatoms. The van der Waals surface area contributed by atoms with Crippen LogP contribution in [0.4, 0.5) is 5.82 Å². The molecule has 4 rings (SSSR count). The van der Waals surface area contributed by atoms with E-state index in [9.17, 15) is 13.2 Å². The van der Waals surface area contributed by atoms with Crippen LogP contribution in [0.2, 0.25) is 10.0 Å². The van der Waals surface area contributed by atoms with Gasteiger partial charge in [-0.25, -0.2) is 13.1 Å². The van der Waals surface area contributed by atoms with Crippen molar-refractivity contribution in [1.82, 2.24) is 14.1 Å². The van der Waals surface area contributed by atoms with Gasteiger partial charge >= 0.3 is 0 Å². The van der Waals surface area contributed by atoms with Crippen molar-refractivity contribution >= 4 is 45.0 Å². The molecule has 0 aliphatic heterocycles. The van der Waals surface area contributed by atoms with Gasteiger partial charge < -0.3 is 5.32 Å². The number of benzene rings is 3. The molecule has 4 aromatic rings. The minimum atomic E-state index is -4.02. The Morgan fingerprint density at radius 1 is 0.947 bits per heavy atom. The lowest BCUT2D eigenvalue weighted by atomic mass is 9.92. The van der Waals surface area contributed by atoms with E-state index < -0.39 is 22.5 Å². The maximum absolute atomic E-state index is 13.6. The Kier molecular flexibility index (Phi) is 8.28. The van der Waals surface area contributed by atoms with E-state index in [4.69, 9.17) is 28.3 Å². The van der Waals surface area contributed by atoms with Crippen molar-refractivity contribution < 1.29 is 13.2 Å². The lowest BCUT2D eigenvalue weighted by molar-refractivity contribution is -0.116. The van der Waals surface area contributed by atoms with Crippen LogP contribution in [0.3, 0.4) is 0 Å². The lowest BCUT2D eigenvalue weighted by Gasteiger charge is -2.22. The highest BCUT2D eigenvalue weighted by Gasteiger charge is 2.28. The molecular weight excluding hydrogens is 543 g/mol. The third-order valence-electron chi connectivity index (χ3n) is 5.80. The van der Waals surface area contributed by atoms with Crippen LogP contribution in [-0.2, 0) is 26.8 Å². The molecule has 38 heavy (non-hydrogen) atoms. The molecule has 3 aromatic carbocycles. The van der Waals surface area contributed by atoms with Crippen molar-refractivity contribution in [3.8, 4) is 5.69 Å². The zero-order valence-corrected chi connectivity index (χ0v) is 23.6. The highest BCUT2D eigenvalue weighted by atomic mass is 35.5. The van der Waals surface area contributed by atoms with Gasteiger partial charge in [0, 0.05) is 23.0 Å². The SMILES string of the molecule is CC(C)(C)c1cc(NC(=O)CN(Cc2ccccc2)S(=O)(=O)c2ccc(Cl)cc2)n(-c2ccccc2Cl)n1. The number of nitrogens with zero attached hydrogens (tertiary/aromatic N) is 3. The second-order valence-corrected chi connectivity index (χ2v) is 12.6. The van der Waals surface area contributed by atoms with Gasteiger partial charge in [-0.3, -0.25) is 4.79 Å². The summed E-state index contributed by atoms with van der Waals surface area (Å²) in [5, 5.41) is 8.42. The summed E-state index contributed by atoms with van der Waals surface area (Å²) in [7, 11) is -4.02. The van der Waals surface area contributed by atoms with E-state index in [-0.39, 0.29) is 16.9 Å². The number of amides is 1. The van der Waals surface area contributed by atoms with Crippen LogP contribution in [0.5, 0.6) is 0 Å². The summed E-state index contributed by atoms with van der Waals surface area (Å²) in [6.07, 6.45) is 0. The van der Waals surface area contributed by atoms with Gasteiger partial charge in [0.05, 0.1) is 27.8 Å². The van der Waals surface area contributed by atoms with Crippen LogP contribution in [0.15, 0.2) is 89.8 Å². The molecular formula is C28H28Cl2N4O3S. The van der Waals surface area contributed by atoms with Gasteiger partial charge in [0.25, 0.3) is 0 Å². The maximum Gasteiger partial charge on any atom is 0.243 e. The number of para-hydroxylation sites is 1. The zero-order chi connectivity index (χ0) is 27.5. The van der Waals surface area contributed by atoms with Crippen LogP contribution in [-0.4, -0.2) is 35.0 Å². The molecule has 0 fully saturated rings. The Labute approximate surface area is 233 Å². The van der Waals surface area contributed by atoms with E-state index in [0.717, 1.165) is 15.6 Å². The largest absolute Gasteiger partial charge is 0.309 e. The Balaban J connectivity index is 1.67. The Hall–Kier alpha value is -3.17. The maximum atomic E-state index is 13.6. The molecule has 0 saturated carbocycles. The quantitative estimate of drug-likeness (QED) is 0.269.